The Labute approximate surface area is 102 Å². The van der Waals surface area contributed by atoms with E-state index in [2.05, 4.69) is 4.99 Å². The van der Waals surface area contributed by atoms with Gasteiger partial charge in [-0.3, -0.25) is 14.7 Å². The summed E-state index contributed by atoms with van der Waals surface area (Å²) in [4.78, 5) is 20.2. The van der Waals surface area contributed by atoms with E-state index >= 15 is 0 Å². The van der Waals surface area contributed by atoms with Crippen LogP contribution < -0.4 is 4.90 Å². The van der Waals surface area contributed by atoms with Gasteiger partial charge in [-0.1, -0.05) is 6.07 Å². The van der Waals surface area contributed by atoms with Crippen LogP contribution in [0.25, 0.3) is 0 Å². The molecule has 90 valence electrons. The van der Waals surface area contributed by atoms with Crippen molar-refractivity contribution in [3.05, 3.63) is 29.8 Å². The molecule has 0 bridgehead atoms. The Morgan fingerprint density at radius 3 is 2.76 bits per heavy atom. The van der Waals surface area contributed by atoms with E-state index in [1.807, 2.05) is 50.2 Å². The van der Waals surface area contributed by atoms with Gasteiger partial charge in [-0.05, 0) is 25.1 Å². The van der Waals surface area contributed by atoms with Gasteiger partial charge < -0.3 is 4.90 Å². The fraction of sp³-hybridized carbons (Fsp3) is 0.385. The van der Waals surface area contributed by atoms with Crippen LogP contribution in [0.5, 0.6) is 0 Å². The summed E-state index contributed by atoms with van der Waals surface area (Å²) in [5.41, 5.74) is 1.75. The van der Waals surface area contributed by atoms with Crippen LogP contribution in [0.15, 0.2) is 29.3 Å². The molecule has 0 atom stereocenters. The van der Waals surface area contributed by atoms with Crippen molar-refractivity contribution in [1.82, 2.24) is 4.90 Å². The maximum Gasteiger partial charge on any atom is 0.259 e. The topological polar surface area (TPSA) is 35.9 Å². The van der Waals surface area contributed by atoms with Crippen molar-refractivity contribution in [3.8, 4) is 0 Å². The molecule has 0 aliphatic carbocycles. The number of amides is 1. The van der Waals surface area contributed by atoms with Crippen LogP contribution >= 0.6 is 0 Å². The van der Waals surface area contributed by atoms with E-state index in [-0.39, 0.29) is 5.91 Å². The molecule has 1 aliphatic rings. The largest absolute Gasteiger partial charge is 0.378 e. The molecule has 1 aliphatic heterocycles. The van der Waals surface area contributed by atoms with Gasteiger partial charge in [-0.15, -0.1) is 0 Å². The van der Waals surface area contributed by atoms with Crippen LogP contribution in [-0.4, -0.2) is 43.8 Å². The highest BCUT2D eigenvalue weighted by atomic mass is 16.2. The zero-order valence-corrected chi connectivity index (χ0v) is 10.5. The summed E-state index contributed by atoms with van der Waals surface area (Å²) < 4.78 is 0. The second-order valence-electron chi connectivity index (χ2n) is 4.33. The maximum absolute atomic E-state index is 12.3. The Kier molecular flexibility index (Phi) is 3.13. The number of amidine groups is 1. The molecule has 17 heavy (non-hydrogen) atoms. The molecule has 1 aromatic rings. The second kappa shape index (κ2) is 4.57. The number of carbonyl (C=O) groups is 1. The standard InChI is InChI=1S/C13H17N3O/c1-10-14-7-8-16(10)13(17)11-5-4-6-12(9-11)15(2)3/h4-6,9H,7-8H2,1-3H3. The third-order valence-electron chi connectivity index (χ3n) is 2.91. The summed E-state index contributed by atoms with van der Waals surface area (Å²) in [6.07, 6.45) is 0. The summed E-state index contributed by atoms with van der Waals surface area (Å²) in [5, 5.41) is 0. The van der Waals surface area contributed by atoms with E-state index in [1.54, 1.807) is 4.90 Å². The predicted octanol–water partition coefficient (Wildman–Crippen LogP) is 1.63. The van der Waals surface area contributed by atoms with Gasteiger partial charge in [0, 0.05) is 31.9 Å². The van der Waals surface area contributed by atoms with E-state index in [9.17, 15) is 4.79 Å². The molecule has 0 aromatic heterocycles. The first-order valence-corrected chi connectivity index (χ1v) is 5.70. The molecule has 2 rings (SSSR count). The molecule has 0 saturated carbocycles. The van der Waals surface area contributed by atoms with Gasteiger partial charge in [0.1, 0.15) is 5.84 Å². The Hall–Kier alpha value is -1.84. The average Bonchev–Trinajstić information content (AvgIpc) is 2.74. The number of hydrogen-bond donors (Lipinski definition) is 0. The fourth-order valence-corrected chi connectivity index (χ4v) is 1.88. The Morgan fingerprint density at radius 1 is 1.41 bits per heavy atom. The molecule has 4 nitrogen and oxygen atoms in total. The van der Waals surface area contributed by atoms with E-state index < -0.39 is 0 Å². The molecule has 1 aromatic carbocycles. The lowest BCUT2D eigenvalue weighted by atomic mass is 10.1. The van der Waals surface area contributed by atoms with Crippen LogP contribution in [0.1, 0.15) is 17.3 Å². The molecule has 0 fully saturated rings. The van der Waals surface area contributed by atoms with Crippen molar-refractivity contribution >= 4 is 17.4 Å². The van der Waals surface area contributed by atoms with Gasteiger partial charge in [-0.25, -0.2) is 0 Å². The third-order valence-corrected chi connectivity index (χ3v) is 2.91. The van der Waals surface area contributed by atoms with Crippen molar-refractivity contribution in [2.45, 2.75) is 6.92 Å². The second-order valence-corrected chi connectivity index (χ2v) is 4.33. The third kappa shape index (κ3) is 2.30. The first kappa shape index (κ1) is 11.6. The lowest BCUT2D eigenvalue weighted by Crippen LogP contribution is -2.32. The molecular weight excluding hydrogens is 214 g/mol. The molecular formula is C13H17N3O. The number of hydrogen-bond acceptors (Lipinski definition) is 3. The lowest BCUT2D eigenvalue weighted by molar-refractivity contribution is 0.0857. The van der Waals surface area contributed by atoms with Crippen LogP contribution in [0.4, 0.5) is 5.69 Å². The van der Waals surface area contributed by atoms with Gasteiger partial charge in [0.15, 0.2) is 0 Å². The smallest absolute Gasteiger partial charge is 0.259 e. The fourth-order valence-electron chi connectivity index (χ4n) is 1.88. The van der Waals surface area contributed by atoms with Crippen molar-refractivity contribution in [1.29, 1.82) is 0 Å². The minimum atomic E-state index is 0.0347. The highest BCUT2D eigenvalue weighted by Gasteiger charge is 2.21. The Balaban J connectivity index is 2.25. The monoisotopic (exact) mass is 231 g/mol. The van der Waals surface area contributed by atoms with Crippen LogP contribution in [-0.2, 0) is 0 Å². The van der Waals surface area contributed by atoms with Gasteiger partial charge in [-0.2, -0.15) is 0 Å². The van der Waals surface area contributed by atoms with E-state index in [0.717, 1.165) is 11.5 Å². The SMILES string of the molecule is CC1=NCCN1C(=O)c1cccc(N(C)C)c1. The molecule has 0 unspecified atom stereocenters. The van der Waals surface area contributed by atoms with Crippen molar-refractivity contribution < 1.29 is 4.79 Å². The van der Waals surface area contributed by atoms with Crippen molar-refractivity contribution in [3.63, 3.8) is 0 Å². The summed E-state index contributed by atoms with van der Waals surface area (Å²) in [5.74, 6) is 0.845. The summed E-state index contributed by atoms with van der Waals surface area (Å²) in [6, 6.07) is 7.65. The van der Waals surface area contributed by atoms with Crippen molar-refractivity contribution in [2.24, 2.45) is 4.99 Å². The Bertz CT molecular complexity index is 465. The number of aliphatic imine (C=N–C) groups is 1. The molecule has 0 N–H and O–H groups in total. The van der Waals surface area contributed by atoms with Crippen LogP contribution in [0.3, 0.4) is 0 Å². The minimum Gasteiger partial charge on any atom is -0.378 e. The highest BCUT2D eigenvalue weighted by Crippen LogP contribution is 2.16. The molecule has 0 spiro atoms. The Morgan fingerprint density at radius 2 is 2.18 bits per heavy atom. The molecule has 0 radical (unpaired) electrons. The predicted molar refractivity (Wildman–Crippen MR) is 69.8 cm³/mol. The summed E-state index contributed by atoms with van der Waals surface area (Å²) >= 11 is 0. The normalized spacial score (nSPS) is 14.8. The summed E-state index contributed by atoms with van der Waals surface area (Å²) in [7, 11) is 3.93. The van der Waals surface area contributed by atoms with Gasteiger partial charge >= 0.3 is 0 Å². The minimum absolute atomic E-state index is 0.0347. The number of carbonyl (C=O) groups excluding carboxylic acids is 1. The highest BCUT2D eigenvalue weighted by molar-refractivity contribution is 6.06. The first-order valence-electron chi connectivity index (χ1n) is 5.70. The van der Waals surface area contributed by atoms with Gasteiger partial charge in [0.2, 0.25) is 0 Å². The van der Waals surface area contributed by atoms with E-state index in [1.165, 1.54) is 0 Å². The average molecular weight is 231 g/mol. The quantitative estimate of drug-likeness (QED) is 0.775. The van der Waals surface area contributed by atoms with Gasteiger partial charge in [0.05, 0.1) is 6.54 Å². The van der Waals surface area contributed by atoms with Crippen LogP contribution in [0, 0.1) is 0 Å². The first-order chi connectivity index (χ1) is 8.09. The number of anilines is 1. The summed E-state index contributed by atoms with van der Waals surface area (Å²) in [6.45, 7) is 3.28. The number of rotatable bonds is 2. The molecule has 0 saturated heterocycles. The lowest BCUT2D eigenvalue weighted by Gasteiger charge is -2.18. The molecule has 4 heteroatoms. The number of benzene rings is 1. The number of nitrogens with zero attached hydrogens (tertiary/aromatic N) is 3. The van der Waals surface area contributed by atoms with Crippen LogP contribution in [0.2, 0.25) is 0 Å². The van der Waals surface area contributed by atoms with E-state index in [0.29, 0.717) is 18.7 Å². The molecule has 1 amide bonds. The van der Waals surface area contributed by atoms with Crippen molar-refractivity contribution in [2.75, 3.05) is 32.1 Å². The van der Waals surface area contributed by atoms with E-state index in [4.69, 9.17) is 0 Å². The van der Waals surface area contributed by atoms with Gasteiger partial charge in [0.25, 0.3) is 5.91 Å². The molecule has 1 heterocycles. The maximum atomic E-state index is 12.3. The zero-order valence-electron chi connectivity index (χ0n) is 10.5. The zero-order chi connectivity index (χ0) is 12.4.